The van der Waals surface area contributed by atoms with Crippen LogP contribution in [-0.4, -0.2) is 17.0 Å². The molecule has 8 nitrogen and oxygen atoms in total. The van der Waals surface area contributed by atoms with Crippen LogP contribution in [0, 0.1) is 20.2 Å². The molecule has 0 aliphatic carbocycles. The molecule has 0 aliphatic rings. The number of nitrogens with zero attached hydrogens (tertiary/aromatic N) is 2. The lowest BCUT2D eigenvalue weighted by molar-refractivity contribution is -0.394. The summed E-state index contributed by atoms with van der Waals surface area (Å²) in [4.78, 5) is 19.4. The molecule has 0 aromatic heterocycles. The molecule has 0 unspecified atom stereocenters. The molecule has 0 radical (unpaired) electrons. The Balaban J connectivity index is 3.45. The largest absolute Gasteiger partial charge is 0.489 e. The number of methoxy groups -OCH3 is 1. The SMILES string of the molecule is COc1c(N)cc([N+](=O)[O-])cc1[N+](=O)[O-]. The van der Waals surface area contributed by atoms with Gasteiger partial charge in [-0.3, -0.25) is 20.2 Å². The van der Waals surface area contributed by atoms with E-state index >= 15 is 0 Å². The van der Waals surface area contributed by atoms with Crippen LogP contribution in [0.25, 0.3) is 0 Å². The first-order chi connectivity index (χ1) is 6.97. The first-order valence-corrected chi connectivity index (χ1v) is 3.73. The van der Waals surface area contributed by atoms with Crippen LogP contribution in [0.2, 0.25) is 0 Å². The highest BCUT2D eigenvalue weighted by molar-refractivity contribution is 5.68. The molecule has 0 amide bonds. The summed E-state index contributed by atoms with van der Waals surface area (Å²) in [6.45, 7) is 0. The van der Waals surface area contributed by atoms with Crippen molar-refractivity contribution in [3.05, 3.63) is 32.4 Å². The smallest absolute Gasteiger partial charge is 0.319 e. The second-order valence-corrected chi connectivity index (χ2v) is 2.60. The molecule has 0 bridgehead atoms. The average molecular weight is 213 g/mol. The summed E-state index contributed by atoms with van der Waals surface area (Å²) in [7, 11) is 1.20. The number of benzene rings is 1. The molecule has 0 spiro atoms. The van der Waals surface area contributed by atoms with Gasteiger partial charge < -0.3 is 10.5 Å². The molecule has 8 heteroatoms. The van der Waals surface area contributed by atoms with E-state index in [9.17, 15) is 20.2 Å². The Hall–Kier alpha value is -2.38. The maximum Gasteiger partial charge on any atom is 0.319 e. The van der Waals surface area contributed by atoms with Crippen molar-refractivity contribution in [2.24, 2.45) is 0 Å². The van der Waals surface area contributed by atoms with Crippen molar-refractivity contribution in [1.82, 2.24) is 0 Å². The zero-order valence-electron chi connectivity index (χ0n) is 7.67. The van der Waals surface area contributed by atoms with Crippen LogP contribution >= 0.6 is 0 Å². The highest BCUT2D eigenvalue weighted by Gasteiger charge is 2.23. The molecule has 0 fully saturated rings. The number of hydrogen-bond acceptors (Lipinski definition) is 6. The minimum absolute atomic E-state index is 0.140. The number of hydrogen-bond donors (Lipinski definition) is 1. The molecule has 0 atom stereocenters. The van der Waals surface area contributed by atoms with Gasteiger partial charge in [0.2, 0.25) is 5.75 Å². The van der Waals surface area contributed by atoms with E-state index in [0.717, 1.165) is 12.1 Å². The number of nitro benzene ring substituents is 2. The number of nitrogens with two attached hydrogens (primary N) is 1. The molecule has 15 heavy (non-hydrogen) atoms. The second kappa shape index (κ2) is 3.78. The quantitative estimate of drug-likeness (QED) is 0.455. The summed E-state index contributed by atoms with van der Waals surface area (Å²) in [5.74, 6) is -0.175. The molecule has 0 saturated carbocycles. The Labute approximate surface area is 83.6 Å². The number of rotatable bonds is 3. The van der Waals surface area contributed by atoms with E-state index in [1.54, 1.807) is 0 Å². The van der Waals surface area contributed by atoms with Crippen LogP contribution in [0.3, 0.4) is 0 Å². The van der Waals surface area contributed by atoms with Gasteiger partial charge in [-0.05, 0) is 0 Å². The van der Waals surface area contributed by atoms with Gasteiger partial charge in [-0.15, -0.1) is 0 Å². The lowest BCUT2D eigenvalue weighted by Gasteiger charge is -2.04. The van der Waals surface area contributed by atoms with Gasteiger partial charge in [-0.25, -0.2) is 0 Å². The Morgan fingerprint density at radius 3 is 2.27 bits per heavy atom. The summed E-state index contributed by atoms with van der Waals surface area (Å²) in [5, 5.41) is 21.0. The lowest BCUT2D eigenvalue weighted by Crippen LogP contribution is -2.00. The van der Waals surface area contributed by atoms with Gasteiger partial charge in [0.1, 0.15) is 0 Å². The Bertz CT molecular complexity index is 431. The van der Waals surface area contributed by atoms with Gasteiger partial charge in [-0.1, -0.05) is 0 Å². The Morgan fingerprint density at radius 1 is 1.27 bits per heavy atom. The zero-order valence-corrected chi connectivity index (χ0v) is 7.67. The van der Waals surface area contributed by atoms with Crippen LogP contribution in [0.4, 0.5) is 17.1 Å². The van der Waals surface area contributed by atoms with Crippen LogP contribution in [0.1, 0.15) is 0 Å². The number of nitrogen functional groups attached to an aromatic ring is 1. The molecular weight excluding hydrogens is 206 g/mol. The van der Waals surface area contributed by atoms with Crippen molar-refractivity contribution < 1.29 is 14.6 Å². The van der Waals surface area contributed by atoms with Crippen LogP contribution < -0.4 is 10.5 Å². The van der Waals surface area contributed by atoms with Crippen LogP contribution in [0.5, 0.6) is 5.75 Å². The van der Waals surface area contributed by atoms with E-state index in [4.69, 9.17) is 5.73 Å². The maximum atomic E-state index is 10.6. The standard InChI is InChI=1S/C7H7N3O5/c1-15-7-5(8)2-4(9(11)12)3-6(7)10(13)14/h2-3H,8H2,1H3. The first kappa shape index (κ1) is 10.7. The number of ether oxygens (including phenoxy) is 1. The summed E-state index contributed by atoms with van der Waals surface area (Å²) in [5.41, 5.74) is 4.27. The maximum absolute atomic E-state index is 10.6. The minimum Gasteiger partial charge on any atom is -0.489 e. The topological polar surface area (TPSA) is 122 Å². The van der Waals surface area contributed by atoms with Crippen LogP contribution in [-0.2, 0) is 0 Å². The highest BCUT2D eigenvalue weighted by atomic mass is 16.6. The summed E-state index contributed by atoms with van der Waals surface area (Å²) >= 11 is 0. The molecule has 0 heterocycles. The fourth-order valence-electron chi connectivity index (χ4n) is 1.08. The average Bonchev–Trinajstić information content (AvgIpc) is 2.16. The normalized spacial score (nSPS) is 9.67. The molecule has 1 aromatic carbocycles. The van der Waals surface area contributed by atoms with Crippen molar-refractivity contribution in [3.63, 3.8) is 0 Å². The number of nitro groups is 2. The van der Waals surface area contributed by atoms with Gasteiger partial charge in [0, 0.05) is 6.07 Å². The van der Waals surface area contributed by atoms with E-state index in [2.05, 4.69) is 4.74 Å². The minimum atomic E-state index is -0.789. The lowest BCUT2D eigenvalue weighted by atomic mass is 10.2. The fourth-order valence-corrected chi connectivity index (χ4v) is 1.08. The molecule has 80 valence electrons. The van der Waals surface area contributed by atoms with Gasteiger partial charge in [0.05, 0.1) is 28.7 Å². The molecule has 1 aromatic rings. The van der Waals surface area contributed by atoms with E-state index < -0.39 is 21.2 Å². The Kier molecular flexibility index (Phi) is 2.70. The number of non-ortho nitro benzene ring substituents is 1. The van der Waals surface area contributed by atoms with E-state index in [1.165, 1.54) is 7.11 Å². The second-order valence-electron chi connectivity index (χ2n) is 2.60. The predicted octanol–water partition coefficient (Wildman–Crippen LogP) is 1.09. The zero-order chi connectivity index (χ0) is 11.6. The molecule has 2 N–H and O–H groups in total. The third-order valence-electron chi connectivity index (χ3n) is 1.69. The van der Waals surface area contributed by atoms with Crippen molar-refractivity contribution in [1.29, 1.82) is 0 Å². The van der Waals surface area contributed by atoms with Gasteiger partial charge >= 0.3 is 5.69 Å². The van der Waals surface area contributed by atoms with Crippen molar-refractivity contribution in [2.75, 3.05) is 12.8 Å². The summed E-state index contributed by atoms with van der Waals surface area (Å²) < 4.78 is 4.68. The van der Waals surface area contributed by atoms with Gasteiger partial charge in [0.15, 0.2) is 0 Å². The Morgan fingerprint density at radius 2 is 1.87 bits per heavy atom. The van der Waals surface area contributed by atoms with Crippen molar-refractivity contribution >= 4 is 17.1 Å². The van der Waals surface area contributed by atoms with Crippen molar-refractivity contribution in [2.45, 2.75) is 0 Å². The predicted molar refractivity (Wildman–Crippen MR) is 50.7 cm³/mol. The van der Waals surface area contributed by atoms with Crippen molar-refractivity contribution in [3.8, 4) is 5.75 Å². The van der Waals surface area contributed by atoms with Gasteiger partial charge in [0.25, 0.3) is 5.69 Å². The fraction of sp³-hybridized carbons (Fsp3) is 0.143. The molecule has 0 aliphatic heterocycles. The summed E-state index contributed by atoms with van der Waals surface area (Å²) in [6, 6.07) is 1.81. The third-order valence-corrected chi connectivity index (χ3v) is 1.69. The highest BCUT2D eigenvalue weighted by Crippen LogP contribution is 2.36. The van der Waals surface area contributed by atoms with E-state index in [-0.39, 0.29) is 11.4 Å². The monoisotopic (exact) mass is 213 g/mol. The summed E-state index contributed by atoms with van der Waals surface area (Å²) in [6.07, 6.45) is 0. The first-order valence-electron chi connectivity index (χ1n) is 3.73. The van der Waals surface area contributed by atoms with E-state index in [1.807, 2.05) is 0 Å². The van der Waals surface area contributed by atoms with Crippen LogP contribution in [0.15, 0.2) is 12.1 Å². The molecule has 1 rings (SSSR count). The number of anilines is 1. The molecular formula is C7H7N3O5. The van der Waals surface area contributed by atoms with Gasteiger partial charge in [-0.2, -0.15) is 0 Å². The third kappa shape index (κ3) is 1.93. The molecule has 0 saturated heterocycles. The van der Waals surface area contributed by atoms with E-state index in [0.29, 0.717) is 0 Å².